The second-order valence-electron chi connectivity index (χ2n) is 8.60. The molecule has 0 aliphatic heterocycles. The van der Waals surface area contributed by atoms with E-state index in [1.807, 2.05) is 12.3 Å². The third-order valence-electron chi connectivity index (χ3n) is 6.36. The number of rotatable bonds is 5. The molecule has 0 amide bonds. The zero-order valence-electron chi connectivity index (χ0n) is 15.7. The Kier molecular flexibility index (Phi) is 3.83. The van der Waals surface area contributed by atoms with Crippen molar-refractivity contribution in [2.45, 2.75) is 50.7 Å². The van der Waals surface area contributed by atoms with E-state index in [4.69, 9.17) is 0 Å². The Hall–Kier alpha value is -1.96. The van der Waals surface area contributed by atoms with Crippen molar-refractivity contribution in [3.8, 4) is 0 Å². The van der Waals surface area contributed by atoms with Gasteiger partial charge in [-0.25, -0.2) is 13.4 Å². The average Bonchev–Trinajstić information content (AvgIpc) is 3.05. The minimum atomic E-state index is -2.94. The van der Waals surface area contributed by atoms with Crippen LogP contribution in [0.5, 0.6) is 0 Å². The van der Waals surface area contributed by atoms with E-state index in [9.17, 15) is 8.42 Å². The summed E-state index contributed by atoms with van der Waals surface area (Å²) in [7, 11) is -2.94. The summed E-state index contributed by atoms with van der Waals surface area (Å²) in [6, 6.07) is 2.00. The summed E-state index contributed by atoms with van der Waals surface area (Å²) in [4.78, 5) is 7.54. The highest BCUT2D eigenvalue weighted by Crippen LogP contribution is 2.47. The standard InChI is InChI=1S/C19H25N5O2S/c1-11(2)14-7-12(10-27(25,26)13-3-4-13)8-15(14)19-23-22-17-9-21-18-16(24(17)19)5-6-20-18/h5-6,9,11-15,20H,3-4,7-8,10H2,1-2H3/t12-,14-,15-/m1/s1. The first kappa shape index (κ1) is 17.2. The van der Waals surface area contributed by atoms with Crippen LogP contribution in [-0.4, -0.2) is 44.0 Å². The molecule has 2 aliphatic rings. The Morgan fingerprint density at radius 3 is 2.81 bits per heavy atom. The topological polar surface area (TPSA) is 93.0 Å². The largest absolute Gasteiger partial charge is 0.345 e. The molecule has 8 heteroatoms. The van der Waals surface area contributed by atoms with Crippen LogP contribution in [0.1, 0.15) is 51.3 Å². The van der Waals surface area contributed by atoms with Crippen molar-refractivity contribution in [2.24, 2.45) is 17.8 Å². The minimum Gasteiger partial charge on any atom is -0.345 e. The lowest BCUT2D eigenvalue weighted by Gasteiger charge is -2.21. The first-order valence-electron chi connectivity index (χ1n) is 9.82. The Morgan fingerprint density at radius 2 is 2.07 bits per heavy atom. The smallest absolute Gasteiger partial charge is 0.179 e. The van der Waals surface area contributed by atoms with Crippen molar-refractivity contribution in [3.63, 3.8) is 0 Å². The molecule has 27 heavy (non-hydrogen) atoms. The number of sulfone groups is 1. The summed E-state index contributed by atoms with van der Waals surface area (Å²) in [5, 5.41) is 8.80. The Balaban J connectivity index is 1.53. The molecule has 2 aliphatic carbocycles. The van der Waals surface area contributed by atoms with E-state index in [2.05, 4.69) is 38.4 Å². The van der Waals surface area contributed by atoms with Gasteiger partial charge in [-0.3, -0.25) is 4.40 Å². The van der Waals surface area contributed by atoms with Crippen LogP contribution < -0.4 is 0 Å². The van der Waals surface area contributed by atoms with Crippen molar-refractivity contribution < 1.29 is 8.42 Å². The van der Waals surface area contributed by atoms with Crippen LogP contribution in [0.4, 0.5) is 0 Å². The molecule has 0 saturated heterocycles. The molecule has 7 nitrogen and oxygen atoms in total. The highest BCUT2D eigenvalue weighted by Gasteiger charge is 2.44. The fourth-order valence-electron chi connectivity index (χ4n) is 4.88. The lowest BCUT2D eigenvalue weighted by molar-refractivity contribution is 0.343. The molecule has 0 radical (unpaired) electrons. The maximum Gasteiger partial charge on any atom is 0.179 e. The van der Waals surface area contributed by atoms with Crippen molar-refractivity contribution in [1.82, 2.24) is 24.6 Å². The van der Waals surface area contributed by atoms with Gasteiger partial charge in [0.1, 0.15) is 5.82 Å². The van der Waals surface area contributed by atoms with Crippen LogP contribution >= 0.6 is 0 Å². The number of aromatic nitrogens is 5. The van der Waals surface area contributed by atoms with Crippen molar-refractivity contribution in [2.75, 3.05) is 5.75 Å². The molecule has 2 fully saturated rings. The second kappa shape index (κ2) is 6.02. The summed E-state index contributed by atoms with van der Waals surface area (Å²) in [6.45, 7) is 4.46. The lowest BCUT2D eigenvalue weighted by Crippen LogP contribution is -2.18. The monoisotopic (exact) mass is 387 g/mol. The van der Waals surface area contributed by atoms with E-state index in [0.717, 1.165) is 48.3 Å². The second-order valence-corrected chi connectivity index (χ2v) is 10.9. The van der Waals surface area contributed by atoms with Crippen LogP contribution in [0.2, 0.25) is 0 Å². The van der Waals surface area contributed by atoms with E-state index in [1.54, 1.807) is 6.20 Å². The fraction of sp³-hybridized carbons (Fsp3) is 0.632. The number of hydrogen-bond acceptors (Lipinski definition) is 5. The van der Waals surface area contributed by atoms with Gasteiger partial charge in [-0.2, -0.15) is 0 Å². The molecule has 0 unspecified atom stereocenters. The van der Waals surface area contributed by atoms with Crippen molar-refractivity contribution >= 4 is 26.6 Å². The van der Waals surface area contributed by atoms with Gasteiger partial charge in [0.05, 0.1) is 22.7 Å². The first-order chi connectivity index (χ1) is 12.9. The number of hydrogen-bond donors (Lipinski definition) is 1. The SMILES string of the molecule is CC(C)[C@H]1C[C@@H](CS(=O)(=O)C2CC2)C[C@H]1c1nnc2cnc3[nH]ccc3n12. The molecular weight excluding hydrogens is 362 g/mol. The van der Waals surface area contributed by atoms with Gasteiger partial charge in [-0.05, 0) is 49.5 Å². The van der Waals surface area contributed by atoms with Crippen LogP contribution in [-0.2, 0) is 9.84 Å². The molecule has 3 heterocycles. The molecule has 3 atom stereocenters. The third-order valence-corrected chi connectivity index (χ3v) is 8.79. The Labute approximate surface area is 158 Å². The van der Waals surface area contributed by atoms with E-state index in [-0.39, 0.29) is 17.1 Å². The van der Waals surface area contributed by atoms with E-state index >= 15 is 0 Å². The summed E-state index contributed by atoms with van der Waals surface area (Å²) >= 11 is 0. The maximum absolute atomic E-state index is 12.5. The van der Waals surface area contributed by atoms with Crippen LogP contribution in [0.3, 0.4) is 0 Å². The quantitative estimate of drug-likeness (QED) is 0.726. The third kappa shape index (κ3) is 2.85. The van der Waals surface area contributed by atoms with Crippen LogP contribution in [0.15, 0.2) is 18.5 Å². The maximum atomic E-state index is 12.5. The van der Waals surface area contributed by atoms with E-state index in [0.29, 0.717) is 17.6 Å². The number of H-pyrrole nitrogens is 1. The Bertz CT molecular complexity index is 1100. The highest BCUT2D eigenvalue weighted by atomic mass is 32.2. The zero-order chi connectivity index (χ0) is 18.8. The van der Waals surface area contributed by atoms with Crippen LogP contribution in [0.25, 0.3) is 16.8 Å². The molecule has 3 aromatic heterocycles. The first-order valence-corrected chi connectivity index (χ1v) is 11.5. The number of fused-ring (bicyclic) bond motifs is 3. The van der Waals surface area contributed by atoms with Crippen LogP contribution in [0, 0.1) is 17.8 Å². The average molecular weight is 388 g/mol. The van der Waals surface area contributed by atoms with Gasteiger partial charge < -0.3 is 4.98 Å². The summed E-state index contributed by atoms with van der Waals surface area (Å²) in [5.41, 5.74) is 2.54. The molecule has 0 bridgehead atoms. The summed E-state index contributed by atoms with van der Waals surface area (Å²) in [6.07, 6.45) is 7.12. The summed E-state index contributed by atoms with van der Waals surface area (Å²) in [5.74, 6) is 2.60. The summed E-state index contributed by atoms with van der Waals surface area (Å²) < 4.78 is 27.1. The fourth-order valence-corrected chi connectivity index (χ4v) is 6.93. The van der Waals surface area contributed by atoms with E-state index < -0.39 is 9.84 Å². The van der Waals surface area contributed by atoms with Crippen molar-refractivity contribution in [3.05, 3.63) is 24.3 Å². The molecule has 0 aromatic carbocycles. The molecule has 3 aromatic rings. The lowest BCUT2D eigenvalue weighted by atomic mass is 9.85. The van der Waals surface area contributed by atoms with Crippen molar-refractivity contribution in [1.29, 1.82) is 0 Å². The number of nitrogens with one attached hydrogen (secondary N) is 1. The van der Waals surface area contributed by atoms with Gasteiger partial charge in [0.2, 0.25) is 0 Å². The Morgan fingerprint density at radius 1 is 1.26 bits per heavy atom. The minimum absolute atomic E-state index is 0.0754. The van der Waals surface area contributed by atoms with Gasteiger partial charge in [0, 0.05) is 12.1 Å². The predicted molar refractivity (Wildman–Crippen MR) is 103 cm³/mol. The number of nitrogens with zero attached hydrogens (tertiary/aromatic N) is 4. The molecule has 0 spiro atoms. The normalized spacial score (nSPS) is 26.6. The number of aromatic amines is 1. The van der Waals surface area contributed by atoms with Gasteiger partial charge in [-0.15, -0.1) is 10.2 Å². The van der Waals surface area contributed by atoms with E-state index in [1.165, 1.54) is 0 Å². The molecule has 5 rings (SSSR count). The molecule has 2 saturated carbocycles. The van der Waals surface area contributed by atoms with Gasteiger partial charge in [-0.1, -0.05) is 13.8 Å². The predicted octanol–water partition coefficient (Wildman–Crippen LogP) is 2.95. The zero-order valence-corrected chi connectivity index (χ0v) is 16.5. The molecule has 144 valence electrons. The molecular formula is C19H25N5O2S. The molecule has 1 N–H and O–H groups in total. The van der Waals surface area contributed by atoms with Gasteiger partial charge in [0.15, 0.2) is 21.1 Å². The van der Waals surface area contributed by atoms with Gasteiger partial charge in [0.25, 0.3) is 0 Å². The highest BCUT2D eigenvalue weighted by molar-refractivity contribution is 7.92. The van der Waals surface area contributed by atoms with Gasteiger partial charge >= 0.3 is 0 Å².